The van der Waals surface area contributed by atoms with Gasteiger partial charge < -0.3 is 10.1 Å². The zero-order chi connectivity index (χ0) is 18.1. The zero-order valence-electron chi connectivity index (χ0n) is 14.6. The van der Waals surface area contributed by atoms with Gasteiger partial charge in [0.05, 0.1) is 0 Å². The summed E-state index contributed by atoms with van der Waals surface area (Å²) in [7, 11) is 0. The Balaban J connectivity index is 1.97. The van der Waals surface area contributed by atoms with Gasteiger partial charge in [0.2, 0.25) is 6.10 Å². The molecule has 1 atom stereocenters. The van der Waals surface area contributed by atoms with Crippen LogP contribution in [0.1, 0.15) is 57.1 Å². The first-order chi connectivity index (χ1) is 12.1. The molecule has 1 aromatic carbocycles. The summed E-state index contributed by atoms with van der Waals surface area (Å²) in [6.45, 7) is 2.15. The molecule has 0 bridgehead atoms. The van der Waals surface area contributed by atoms with Gasteiger partial charge in [-0.05, 0) is 19.3 Å². The van der Waals surface area contributed by atoms with Crippen LogP contribution in [0.2, 0.25) is 0 Å². The van der Waals surface area contributed by atoms with Crippen molar-refractivity contribution < 1.29 is 19.1 Å². The minimum Gasteiger partial charge on any atom is -0.447 e. The minimum atomic E-state index is -1.13. The predicted molar refractivity (Wildman–Crippen MR) is 93.7 cm³/mol. The van der Waals surface area contributed by atoms with Gasteiger partial charge in [-0.25, -0.2) is 4.79 Å². The van der Waals surface area contributed by atoms with Crippen LogP contribution in [-0.4, -0.2) is 24.5 Å². The van der Waals surface area contributed by atoms with Crippen LogP contribution in [-0.2, 0) is 14.3 Å². The quantitative estimate of drug-likeness (QED) is 0.743. The highest BCUT2D eigenvalue weighted by molar-refractivity contribution is 5.97. The van der Waals surface area contributed by atoms with Crippen LogP contribution in [0, 0.1) is 5.92 Å². The molecular weight excluding hydrogens is 320 g/mol. The molecule has 25 heavy (non-hydrogen) atoms. The third-order valence-electron chi connectivity index (χ3n) is 4.40. The first kappa shape index (κ1) is 19.0. The SMILES string of the molecule is CCNC(=O)NC(=O)[C@H](OC(=O)CCC1CCCC1)c1ccccc1. The van der Waals surface area contributed by atoms with Crippen molar-refractivity contribution >= 4 is 17.9 Å². The Morgan fingerprint density at radius 1 is 1.16 bits per heavy atom. The maximum atomic E-state index is 12.4. The van der Waals surface area contributed by atoms with E-state index in [1.807, 2.05) is 6.07 Å². The Labute approximate surface area is 148 Å². The molecule has 1 aromatic rings. The molecule has 136 valence electrons. The molecule has 0 radical (unpaired) electrons. The number of rotatable bonds is 7. The summed E-state index contributed by atoms with van der Waals surface area (Å²) in [5.74, 6) is -0.481. The third kappa shape index (κ3) is 6.21. The van der Waals surface area contributed by atoms with Crippen molar-refractivity contribution in [2.75, 3.05) is 6.54 Å². The van der Waals surface area contributed by atoms with Gasteiger partial charge in [-0.2, -0.15) is 0 Å². The second-order valence-electron chi connectivity index (χ2n) is 6.32. The summed E-state index contributed by atoms with van der Waals surface area (Å²) >= 11 is 0. The molecule has 1 fully saturated rings. The van der Waals surface area contributed by atoms with Gasteiger partial charge in [0.25, 0.3) is 5.91 Å². The second kappa shape index (κ2) is 9.81. The summed E-state index contributed by atoms with van der Waals surface area (Å²) in [4.78, 5) is 36.2. The van der Waals surface area contributed by atoms with Crippen LogP contribution in [0.3, 0.4) is 0 Å². The second-order valence-corrected chi connectivity index (χ2v) is 6.32. The number of urea groups is 1. The van der Waals surface area contributed by atoms with E-state index >= 15 is 0 Å². The van der Waals surface area contributed by atoms with Crippen LogP contribution < -0.4 is 10.6 Å². The molecule has 0 unspecified atom stereocenters. The summed E-state index contributed by atoms with van der Waals surface area (Å²) in [6.07, 6.45) is 4.73. The highest BCUT2D eigenvalue weighted by atomic mass is 16.5. The van der Waals surface area contributed by atoms with Gasteiger partial charge in [0, 0.05) is 18.5 Å². The molecule has 0 saturated heterocycles. The topological polar surface area (TPSA) is 84.5 Å². The van der Waals surface area contributed by atoms with Crippen molar-refractivity contribution in [3.63, 3.8) is 0 Å². The molecule has 0 aliphatic heterocycles. The maximum Gasteiger partial charge on any atom is 0.321 e. The number of amides is 3. The van der Waals surface area contributed by atoms with Crippen molar-refractivity contribution in [3.8, 4) is 0 Å². The molecule has 2 rings (SSSR count). The lowest BCUT2D eigenvalue weighted by Crippen LogP contribution is -2.42. The Bertz CT molecular complexity index is 582. The highest BCUT2D eigenvalue weighted by Crippen LogP contribution is 2.29. The molecule has 6 nitrogen and oxygen atoms in total. The van der Waals surface area contributed by atoms with E-state index in [-0.39, 0.29) is 0 Å². The molecule has 3 amide bonds. The standard InChI is InChI=1S/C19H26N2O4/c1-2-20-19(24)21-18(23)17(15-10-4-3-5-11-15)25-16(22)13-12-14-8-6-7-9-14/h3-5,10-11,14,17H,2,6-9,12-13H2,1H3,(H2,20,21,23,24)/t17-/m1/s1. The first-order valence-electron chi connectivity index (χ1n) is 8.93. The normalized spacial score (nSPS) is 15.4. The number of carbonyl (C=O) groups is 3. The first-order valence-corrected chi connectivity index (χ1v) is 8.93. The van der Waals surface area contributed by atoms with Crippen LogP contribution in [0.5, 0.6) is 0 Å². The van der Waals surface area contributed by atoms with Gasteiger partial charge in [0.1, 0.15) is 0 Å². The molecule has 0 heterocycles. The molecular formula is C19H26N2O4. The minimum absolute atomic E-state index is 0.294. The van der Waals surface area contributed by atoms with E-state index in [0.717, 1.165) is 19.3 Å². The number of hydrogen-bond donors (Lipinski definition) is 2. The number of carbonyl (C=O) groups excluding carboxylic acids is 3. The van der Waals surface area contributed by atoms with Crippen LogP contribution >= 0.6 is 0 Å². The van der Waals surface area contributed by atoms with Gasteiger partial charge in [0.15, 0.2) is 0 Å². The lowest BCUT2D eigenvalue weighted by molar-refractivity contribution is -0.156. The number of esters is 1. The monoisotopic (exact) mass is 346 g/mol. The number of imide groups is 1. The summed E-state index contributed by atoms with van der Waals surface area (Å²) in [5, 5.41) is 4.70. The number of nitrogens with one attached hydrogen (secondary N) is 2. The summed E-state index contributed by atoms with van der Waals surface area (Å²) in [5.41, 5.74) is 0.540. The average Bonchev–Trinajstić information content (AvgIpc) is 3.12. The van der Waals surface area contributed by atoms with E-state index < -0.39 is 24.0 Å². The Kier molecular flexibility index (Phi) is 7.44. The molecule has 2 N–H and O–H groups in total. The van der Waals surface area contributed by atoms with E-state index in [9.17, 15) is 14.4 Å². The van der Waals surface area contributed by atoms with Gasteiger partial charge in [-0.15, -0.1) is 0 Å². The van der Waals surface area contributed by atoms with Gasteiger partial charge in [-0.1, -0.05) is 56.0 Å². The number of benzene rings is 1. The Morgan fingerprint density at radius 3 is 2.48 bits per heavy atom. The van der Waals surface area contributed by atoms with Crippen LogP contribution in [0.4, 0.5) is 4.79 Å². The zero-order valence-corrected chi connectivity index (χ0v) is 14.6. The van der Waals surface area contributed by atoms with E-state index in [1.165, 1.54) is 12.8 Å². The lowest BCUT2D eigenvalue weighted by atomic mass is 10.0. The molecule has 1 aliphatic rings. The fraction of sp³-hybridized carbons (Fsp3) is 0.526. The lowest BCUT2D eigenvalue weighted by Gasteiger charge is -2.18. The fourth-order valence-electron chi connectivity index (χ4n) is 3.09. The van der Waals surface area contributed by atoms with Crippen molar-refractivity contribution in [3.05, 3.63) is 35.9 Å². The molecule has 1 saturated carbocycles. The molecule has 1 aliphatic carbocycles. The third-order valence-corrected chi connectivity index (χ3v) is 4.40. The fourth-order valence-corrected chi connectivity index (χ4v) is 3.09. The molecule has 6 heteroatoms. The maximum absolute atomic E-state index is 12.4. The number of ether oxygens (including phenoxy) is 1. The summed E-state index contributed by atoms with van der Waals surface area (Å²) in [6, 6.07) is 8.13. The highest BCUT2D eigenvalue weighted by Gasteiger charge is 2.27. The van der Waals surface area contributed by atoms with Gasteiger partial charge in [-0.3, -0.25) is 14.9 Å². The smallest absolute Gasteiger partial charge is 0.321 e. The van der Waals surface area contributed by atoms with Crippen molar-refractivity contribution in [2.24, 2.45) is 5.92 Å². The van der Waals surface area contributed by atoms with E-state index in [1.54, 1.807) is 31.2 Å². The number of hydrogen-bond acceptors (Lipinski definition) is 4. The van der Waals surface area contributed by atoms with E-state index in [0.29, 0.717) is 24.4 Å². The Morgan fingerprint density at radius 2 is 1.84 bits per heavy atom. The van der Waals surface area contributed by atoms with E-state index in [2.05, 4.69) is 10.6 Å². The molecule has 0 spiro atoms. The largest absolute Gasteiger partial charge is 0.447 e. The van der Waals surface area contributed by atoms with Crippen molar-refractivity contribution in [1.82, 2.24) is 10.6 Å². The van der Waals surface area contributed by atoms with Gasteiger partial charge >= 0.3 is 12.0 Å². The van der Waals surface area contributed by atoms with Crippen molar-refractivity contribution in [1.29, 1.82) is 0 Å². The van der Waals surface area contributed by atoms with Crippen LogP contribution in [0.15, 0.2) is 30.3 Å². The van der Waals surface area contributed by atoms with Crippen molar-refractivity contribution in [2.45, 2.75) is 51.6 Å². The average molecular weight is 346 g/mol. The Hall–Kier alpha value is -2.37. The molecule has 0 aromatic heterocycles. The van der Waals surface area contributed by atoms with E-state index in [4.69, 9.17) is 4.74 Å². The predicted octanol–water partition coefficient (Wildman–Crippen LogP) is 3.09. The van der Waals surface area contributed by atoms with Crippen LogP contribution in [0.25, 0.3) is 0 Å². The summed E-state index contributed by atoms with van der Waals surface area (Å²) < 4.78 is 5.41.